The average Bonchev–Trinajstić information content (AvgIpc) is 3.04. The number of amidine groups is 1. The summed E-state index contributed by atoms with van der Waals surface area (Å²) in [5, 5.41) is 4.37. The van der Waals surface area contributed by atoms with Crippen LogP contribution in [0.25, 0.3) is 39.1 Å². The number of nitrogens with one attached hydrogen (secondary N) is 2. The Balaban J connectivity index is 1.40. The Morgan fingerprint density at radius 2 is 1.50 bits per heavy atom. The zero-order valence-corrected chi connectivity index (χ0v) is 25.1. The number of benzene rings is 4. The number of nitrogens with zero attached hydrogens (tertiary/aromatic N) is 4. The lowest BCUT2D eigenvalue weighted by Gasteiger charge is -2.22. The number of aromatic nitrogens is 2. The van der Waals surface area contributed by atoms with Gasteiger partial charge in [-0.15, -0.1) is 0 Å². The van der Waals surface area contributed by atoms with E-state index in [1.807, 2.05) is 99.0 Å². The van der Waals surface area contributed by atoms with Crippen LogP contribution in [-0.4, -0.2) is 60.7 Å². The summed E-state index contributed by atoms with van der Waals surface area (Å²) in [6.07, 6.45) is 1.80. The van der Waals surface area contributed by atoms with Gasteiger partial charge in [0.05, 0.1) is 31.0 Å². The summed E-state index contributed by atoms with van der Waals surface area (Å²) < 4.78 is 0. The van der Waals surface area contributed by atoms with Crippen LogP contribution in [0.3, 0.4) is 0 Å². The van der Waals surface area contributed by atoms with Crippen molar-refractivity contribution in [3.63, 3.8) is 0 Å². The maximum absolute atomic E-state index is 12.7. The minimum atomic E-state index is -0.135. The quantitative estimate of drug-likeness (QED) is 0.289. The summed E-state index contributed by atoms with van der Waals surface area (Å²) in [5.41, 5.74) is 7.57. The number of rotatable bonds is 6. The lowest BCUT2D eigenvalue weighted by Crippen LogP contribution is -3.09. The van der Waals surface area contributed by atoms with Gasteiger partial charge < -0.3 is 10.2 Å². The summed E-state index contributed by atoms with van der Waals surface area (Å²) in [5.74, 6) is 1.18. The van der Waals surface area contributed by atoms with Gasteiger partial charge in [-0.2, -0.15) is 0 Å². The molecule has 0 saturated carbocycles. The highest BCUT2D eigenvalue weighted by Gasteiger charge is 2.21. The number of para-hydroxylation sites is 1. The first-order chi connectivity index (χ1) is 21.3. The van der Waals surface area contributed by atoms with Gasteiger partial charge in [0, 0.05) is 47.9 Å². The van der Waals surface area contributed by atoms with Crippen LogP contribution in [0.15, 0.2) is 108 Å². The topological polar surface area (TPSA) is 92.0 Å². The number of hydrogen-bond donors (Lipinski definition) is 2. The highest BCUT2D eigenvalue weighted by atomic mass is 16.2. The van der Waals surface area contributed by atoms with E-state index in [2.05, 4.69) is 17.4 Å². The Labute approximate surface area is 256 Å². The van der Waals surface area contributed by atoms with E-state index in [1.165, 1.54) is 4.90 Å². The molecule has 0 atom stereocenters. The second-order valence-corrected chi connectivity index (χ2v) is 11.2. The molecule has 1 aliphatic heterocycles. The molecular weight excluding hydrogens is 548 g/mol. The Morgan fingerprint density at radius 3 is 2.27 bits per heavy atom. The number of carbonyl (C=O) groups is 2. The van der Waals surface area contributed by atoms with Crippen molar-refractivity contribution in [2.45, 2.75) is 6.42 Å². The first kappa shape index (κ1) is 28.6. The molecule has 0 radical (unpaired) electrons. The molecule has 4 aromatic carbocycles. The molecule has 0 bridgehead atoms. The molecule has 0 aliphatic carbocycles. The third-order valence-electron chi connectivity index (χ3n) is 7.55. The summed E-state index contributed by atoms with van der Waals surface area (Å²) >= 11 is 0. The smallest absolute Gasteiger partial charge is 0.317 e. The minimum absolute atomic E-state index is 0.0641. The molecule has 8 heteroatoms. The van der Waals surface area contributed by atoms with E-state index in [4.69, 9.17) is 15.0 Å². The average molecular weight is 582 g/mol. The number of aliphatic imine (C=N–C) groups is 1. The summed E-state index contributed by atoms with van der Waals surface area (Å²) in [6.45, 7) is 0. The molecule has 0 spiro atoms. The largest absolute Gasteiger partial charge is 0.345 e. The van der Waals surface area contributed by atoms with Gasteiger partial charge in [-0.05, 0) is 29.3 Å². The van der Waals surface area contributed by atoms with Gasteiger partial charge in [0.2, 0.25) is 5.91 Å². The SMILES string of the molecule is CN(C)C(=O)C=C1N=C(c2ccccc2)Nc2cc(-c3cccc(-c4nc(CC(=O)[NH+](C)C)c5ccccc5n4)c3)ccc21. The molecule has 44 heavy (non-hydrogen) atoms. The number of quaternary nitrogens is 1. The second kappa shape index (κ2) is 12.0. The number of amides is 2. The first-order valence-corrected chi connectivity index (χ1v) is 14.4. The van der Waals surface area contributed by atoms with Gasteiger partial charge in [0.25, 0.3) is 0 Å². The van der Waals surface area contributed by atoms with E-state index in [0.717, 1.165) is 55.0 Å². The molecule has 8 nitrogen and oxygen atoms in total. The molecule has 5 aromatic rings. The maximum atomic E-state index is 12.7. The molecule has 1 aromatic heterocycles. The van der Waals surface area contributed by atoms with Gasteiger partial charge in [-0.25, -0.2) is 19.8 Å². The monoisotopic (exact) mass is 581 g/mol. The van der Waals surface area contributed by atoms with Gasteiger partial charge in [-0.1, -0.05) is 78.9 Å². The van der Waals surface area contributed by atoms with Crippen molar-refractivity contribution in [2.24, 2.45) is 4.99 Å². The van der Waals surface area contributed by atoms with Crippen molar-refractivity contribution in [2.75, 3.05) is 33.5 Å². The number of anilines is 1. The van der Waals surface area contributed by atoms with Crippen LogP contribution < -0.4 is 10.2 Å². The third-order valence-corrected chi connectivity index (χ3v) is 7.55. The van der Waals surface area contributed by atoms with Gasteiger partial charge in [0.1, 0.15) is 12.3 Å². The summed E-state index contributed by atoms with van der Waals surface area (Å²) in [6, 6.07) is 31.8. The van der Waals surface area contributed by atoms with E-state index < -0.39 is 0 Å². The zero-order chi connectivity index (χ0) is 30.8. The van der Waals surface area contributed by atoms with E-state index >= 15 is 0 Å². The van der Waals surface area contributed by atoms with Crippen molar-refractivity contribution in [3.05, 3.63) is 120 Å². The second-order valence-electron chi connectivity index (χ2n) is 11.2. The Morgan fingerprint density at radius 1 is 0.795 bits per heavy atom. The summed E-state index contributed by atoms with van der Waals surface area (Å²) in [7, 11) is 7.11. The molecule has 2 heterocycles. The zero-order valence-electron chi connectivity index (χ0n) is 25.1. The highest BCUT2D eigenvalue weighted by Crippen LogP contribution is 2.35. The van der Waals surface area contributed by atoms with Crippen LogP contribution in [0.2, 0.25) is 0 Å². The molecular formula is C36H33N6O2+. The number of fused-ring (bicyclic) bond motifs is 2. The van der Waals surface area contributed by atoms with E-state index in [1.54, 1.807) is 20.2 Å². The van der Waals surface area contributed by atoms with Gasteiger partial charge >= 0.3 is 5.91 Å². The number of likely N-dealkylation sites (N-methyl/N-ethyl adjacent to an activating group) is 2. The van der Waals surface area contributed by atoms with E-state index in [-0.39, 0.29) is 18.2 Å². The van der Waals surface area contributed by atoms with Crippen LogP contribution in [-0.2, 0) is 16.0 Å². The first-order valence-electron chi connectivity index (χ1n) is 14.4. The van der Waals surface area contributed by atoms with Crippen molar-refractivity contribution >= 4 is 39.9 Å². The Bertz CT molecular complexity index is 1960. The molecule has 218 valence electrons. The van der Waals surface area contributed by atoms with Crippen LogP contribution in [0, 0.1) is 0 Å². The van der Waals surface area contributed by atoms with E-state index in [9.17, 15) is 9.59 Å². The third kappa shape index (κ3) is 5.88. The van der Waals surface area contributed by atoms with Crippen LogP contribution in [0.5, 0.6) is 0 Å². The van der Waals surface area contributed by atoms with Crippen molar-refractivity contribution in [1.82, 2.24) is 14.9 Å². The summed E-state index contributed by atoms with van der Waals surface area (Å²) in [4.78, 5) is 42.1. The predicted molar refractivity (Wildman–Crippen MR) is 175 cm³/mol. The van der Waals surface area contributed by atoms with Gasteiger partial charge in [0.15, 0.2) is 5.82 Å². The van der Waals surface area contributed by atoms with Gasteiger partial charge in [-0.3, -0.25) is 9.69 Å². The molecule has 0 fully saturated rings. The molecule has 2 N–H and O–H groups in total. The molecule has 1 aliphatic rings. The maximum Gasteiger partial charge on any atom is 0.317 e. The highest BCUT2D eigenvalue weighted by molar-refractivity contribution is 6.15. The fraction of sp³-hybridized carbons (Fsp3) is 0.139. The van der Waals surface area contributed by atoms with Crippen molar-refractivity contribution < 1.29 is 14.5 Å². The van der Waals surface area contributed by atoms with E-state index in [0.29, 0.717) is 17.4 Å². The number of hydrogen-bond acceptors (Lipinski definition) is 6. The van der Waals surface area contributed by atoms with Crippen LogP contribution >= 0.6 is 0 Å². The molecule has 0 saturated heterocycles. The van der Waals surface area contributed by atoms with Crippen molar-refractivity contribution in [3.8, 4) is 22.5 Å². The molecule has 6 rings (SSSR count). The van der Waals surface area contributed by atoms with Crippen LogP contribution in [0.4, 0.5) is 5.69 Å². The molecule has 2 amide bonds. The number of carbonyl (C=O) groups excluding carboxylic acids is 2. The lowest BCUT2D eigenvalue weighted by molar-refractivity contribution is -0.775. The molecule has 0 unspecified atom stereocenters. The normalized spacial score (nSPS) is 13.4. The predicted octanol–water partition coefficient (Wildman–Crippen LogP) is 4.48. The Hall–Kier alpha value is -5.47. The Kier molecular flexibility index (Phi) is 7.83. The minimum Gasteiger partial charge on any atom is -0.345 e. The van der Waals surface area contributed by atoms with Crippen molar-refractivity contribution in [1.29, 1.82) is 0 Å². The van der Waals surface area contributed by atoms with Crippen LogP contribution in [0.1, 0.15) is 16.8 Å². The fourth-order valence-corrected chi connectivity index (χ4v) is 5.05. The lowest BCUT2D eigenvalue weighted by atomic mass is 9.97. The fourth-order valence-electron chi connectivity index (χ4n) is 5.05. The standard InChI is InChI=1S/C36H32N6O2/c1-41(2)33(43)21-31-27-15-8-9-16-29(27)37-36(40-31)26-14-10-13-24(19-26)25-17-18-28-30(20-25)38-35(23-11-6-5-7-12-23)39-32(28)22-34(44)42(3)4/h5-20,22H,21H2,1-4H3,(H,38,39)/p+1.